The van der Waals surface area contributed by atoms with E-state index in [2.05, 4.69) is 27.7 Å². The Bertz CT molecular complexity index is 788. The van der Waals surface area contributed by atoms with E-state index in [0.717, 1.165) is 32.7 Å². The SMILES string of the molecule is CC(C)(C)C(=O)Nc1cccc(C(=O)N2CCN(Cc3cccs3)CC2)c1. The van der Waals surface area contributed by atoms with Gasteiger partial charge in [0.2, 0.25) is 5.91 Å². The van der Waals surface area contributed by atoms with Crippen molar-refractivity contribution in [2.75, 3.05) is 31.5 Å². The van der Waals surface area contributed by atoms with Crippen molar-refractivity contribution in [3.63, 3.8) is 0 Å². The van der Waals surface area contributed by atoms with E-state index in [-0.39, 0.29) is 11.8 Å². The summed E-state index contributed by atoms with van der Waals surface area (Å²) in [5, 5.41) is 4.99. The van der Waals surface area contributed by atoms with Crippen molar-refractivity contribution in [2.24, 2.45) is 5.41 Å². The van der Waals surface area contributed by atoms with E-state index in [0.29, 0.717) is 11.3 Å². The summed E-state index contributed by atoms with van der Waals surface area (Å²) in [6, 6.07) is 11.4. The molecule has 1 aliphatic heterocycles. The monoisotopic (exact) mass is 385 g/mol. The van der Waals surface area contributed by atoms with Gasteiger partial charge < -0.3 is 10.2 Å². The molecule has 6 heteroatoms. The highest BCUT2D eigenvalue weighted by Gasteiger charge is 2.24. The van der Waals surface area contributed by atoms with Crippen LogP contribution in [-0.4, -0.2) is 47.8 Å². The zero-order valence-electron chi connectivity index (χ0n) is 16.2. The Morgan fingerprint density at radius 2 is 1.81 bits per heavy atom. The number of anilines is 1. The molecule has 0 unspecified atom stereocenters. The molecule has 1 aromatic carbocycles. The fourth-order valence-electron chi connectivity index (χ4n) is 2.96. The van der Waals surface area contributed by atoms with Crippen molar-refractivity contribution >= 4 is 28.8 Å². The number of carbonyl (C=O) groups is 2. The Balaban J connectivity index is 1.58. The largest absolute Gasteiger partial charge is 0.336 e. The van der Waals surface area contributed by atoms with Gasteiger partial charge in [-0.25, -0.2) is 0 Å². The van der Waals surface area contributed by atoms with Gasteiger partial charge in [0.1, 0.15) is 0 Å². The van der Waals surface area contributed by atoms with Gasteiger partial charge in [-0.2, -0.15) is 0 Å². The summed E-state index contributed by atoms with van der Waals surface area (Å²) in [6.45, 7) is 9.76. The van der Waals surface area contributed by atoms with Crippen LogP contribution in [0.5, 0.6) is 0 Å². The van der Waals surface area contributed by atoms with E-state index in [1.54, 1.807) is 17.4 Å². The maximum atomic E-state index is 12.9. The van der Waals surface area contributed by atoms with Gasteiger partial charge in [0.15, 0.2) is 0 Å². The summed E-state index contributed by atoms with van der Waals surface area (Å²) in [5.41, 5.74) is 0.810. The van der Waals surface area contributed by atoms with Crippen LogP contribution in [0.25, 0.3) is 0 Å². The Morgan fingerprint density at radius 1 is 1.07 bits per heavy atom. The molecule has 5 nitrogen and oxygen atoms in total. The lowest BCUT2D eigenvalue weighted by molar-refractivity contribution is -0.123. The molecule has 0 spiro atoms. The molecule has 2 aromatic rings. The molecule has 1 N–H and O–H groups in total. The van der Waals surface area contributed by atoms with Crippen LogP contribution >= 0.6 is 11.3 Å². The number of hydrogen-bond donors (Lipinski definition) is 1. The lowest BCUT2D eigenvalue weighted by Crippen LogP contribution is -2.48. The van der Waals surface area contributed by atoms with E-state index in [1.807, 2.05) is 43.9 Å². The number of nitrogens with one attached hydrogen (secondary N) is 1. The Labute approximate surface area is 165 Å². The number of thiophene rings is 1. The molecule has 1 fully saturated rings. The number of rotatable bonds is 4. The molecule has 1 saturated heterocycles. The van der Waals surface area contributed by atoms with Gasteiger partial charge in [-0.1, -0.05) is 32.9 Å². The van der Waals surface area contributed by atoms with Gasteiger partial charge in [0, 0.05) is 54.3 Å². The lowest BCUT2D eigenvalue weighted by Gasteiger charge is -2.34. The van der Waals surface area contributed by atoms with Crippen LogP contribution in [0.4, 0.5) is 5.69 Å². The van der Waals surface area contributed by atoms with Gasteiger partial charge in [-0.3, -0.25) is 14.5 Å². The number of benzene rings is 1. The van der Waals surface area contributed by atoms with E-state index in [1.165, 1.54) is 4.88 Å². The Morgan fingerprint density at radius 3 is 2.44 bits per heavy atom. The van der Waals surface area contributed by atoms with Crippen molar-refractivity contribution in [2.45, 2.75) is 27.3 Å². The molecule has 0 saturated carbocycles. The third-order valence-corrected chi connectivity index (χ3v) is 5.53. The summed E-state index contributed by atoms with van der Waals surface area (Å²) in [4.78, 5) is 30.7. The first-order valence-corrected chi connectivity index (χ1v) is 10.2. The molecule has 1 aromatic heterocycles. The first-order valence-electron chi connectivity index (χ1n) is 9.28. The van der Waals surface area contributed by atoms with Crippen LogP contribution < -0.4 is 5.32 Å². The molecule has 144 valence electrons. The summed E-state index contributed by atoms with van der Waals surface area (Å²) in [7, 11) is 0. The smallest absolute Gasteiger partial charge is 0.254 e. The molecule has 0 aliphatic carbocycles. The highest BCUT2D eigenvalue weighted by Crippen LogP contribution is 2.20. The van der Waals surface area contributed by atoms with Crippen LogP contribution in [0.3, 0.4) is 0 Å². The third-order valence-electron chi connectivity index (χ3n) is 4.67. The van der Waals surface area contributed by atoms with Crippen LogP contribution in [-0.2, 0) is 11.3 Å². The minimum Gasteiger partial charge on any atom is -0.336 e. The normalized spacial score (nSPS) is 15.6. The number of nitrogens with zero attached hydrogens (tertiary/aromatic N) is 2. The van der Waals surface area contributed by atoms with Crippen molar-refractivity contribution < 1.29 is 9.59 Å². The maximum absolute atomic E-state index is 12.9. The predicted molar refractivity (Wildman–Crippen MR) is 110 cm³/mol. The zero-order valence-corrected chi connectivity index (χ0v) is 17.0. The van der Waals surface area contributed by atoms with Crippen LogP contribution in [0.1, 0.15) is 36.0 Å². The quantitative estimate of drug-likeness (QED) is 0.873. The topological polar surface area (TPSA) is 52.7 Å². The second kappa shape index (κ2) is 8.23. The molecule has 27 heavy (non-hydrogen) atoms. The van der Waals surface area contributed by atoms with Gasteiger partial charge in [0.05, 0.1) is 0 Å². The first-order chi connectivity index (χ1) is 12.8. The van der Waals surface area contributed by atoms with Gasteiger partial charge >= 0.3 is 0 Å². The first kappa shape index (κ1) is 19.6. The average molecular weight is 386 g/mol. The Kier molecular flexibility index (Phi) is 5.97. The number of piperazine rings is 1. The number of hydrogen-bond acceptors (Lipinski definition) is 4. The van der Waals surface area contributed by atoms with E-state index >= 15 is 0 Å². The van der Waals surface area contributed by atoms with E-state index in [9.17, 15) is 9.59 Å². The third kappa shape index (κ3) is 5.17. The number of carbonyl (C=O) groups excluding carboxylic acids is 2. The van der Waals surface area contributed by atoms with Crippen molar-refractivity contribution in [1.82, 2.24) is 9.80 Å². The van der Waals surface area contributed by atoms with E-state index < -0.39 is 5.41 Å². The minimum atomic E-state index is -0.473. The Hall–Kier alpha value is -2.18. The molecular weight excluding hydrogens is 358 g/mol. The molecule has 1 aliphatic rings. The lowest BCUT2D eigenvalue weighted by atomic mass is 9.95. The maximum Gasteiger partial charge on any atom is 0.254 e. The van der Waals surface area contributed by atoms with Crippen LogP contribution in [0.2, 0.25) is 0 Å². The van der Waals surface area contributed by atoms with Crippen LogP contribution in [0, 0.1) is 5.41 Å². The van der Waals surface area contributed by atoms with Crippen LogP contribution in [0.15, 0.2) is 41.8 Å². The van der Waals surface area contributed by atoms with Crippen molar-refractivity contribution in [3.8, 4) is 0 Å². The number of amides is 2. The van der Waals surface area contributed by atoms with Gasteiger partial charge in [0.25, 0.3) is 5.91 Å². The summed E-state index contributed by atoms with van der Waals surface area (Å²) < 4.78 is 0. The van der Waals surface area contributed by atoms with Gasteiger partial charge in [-0.15, -0.1) is 11.3 Å². The standard InChI is InChI=1S/C21H27N3O2S/c1-21(2,3)20(26)22-17-7-4-6-16(14-17)19(25)24-11-9-23(10-12-24)15-18-8-5-13-27-18/h4-8,13-14H,9-12,15H2,1-3H3,(H,22,26). The van der Waals surface area contributed by atoms with Gasteiger partial charge in [-0.05, 0) is 29.6 Å². The molecule has 0 bridgehead atoms. The van der Waals surface area contributed by atoms with Crippen molar-refractivity contribution in [3.05, 3.63) is 52.2 Å². The highest BCUT2D eigenvalue weighted by molar-refractivity contribution is 7.09. The molecule has 2 amide bonds. The second-order valence-electron chi connectivity index (χ2n) is 7.93. The molecule has 3 rings (SSSR count). The molecular formula is C21H27N3O2S. The summed E-state index contributed by atoms with van der Waals surface area (Å²) in [5.74, 6) is -0.0353. The molecule has 0 atom stereocenters. The molecule has 0 radical (unpaired) electrons. The summed E-state index contributed by atoms with van der Waals surface area (Å²) in [6.07, 6.45) is 0. The van der Waals surface area contributed by atoms with Crippen molar-refractivity contribution in [1.29, 1.82) is 0 Å². The second-order valence-corrected chi connectivity index (χ2v) is 8.96. The highest BCUT2D eigenvalue weighted by atomic mass is 32.1. The van der Waals surface area contributed by atoms with E-state index in [4.69, 9.17) is 0 Å². The fourth-order valence-corrected chi connectivity index (χ4v) is 3.71. The predicted octanol–water partition coefficient (Wildman–Crippen LogP) is 3.69. The summed E-state index contributed by atoms with van der Waals surface area (Å²) >= 11 is 1.77. The zero-order chi connectivity index (χ0) is 19.4. The molecule has 2 heterocycles. The average Bonchev–Trinajstić information content (AvgIpc) is 3.14. The fraction of sp³-hybridized carbons (Fsp3) is 0.429. The minimum absolute atomic E-state index is 0.0256.